The first-order valence-corrected chi connectivity index (χ1v) is 10.7. The van der Waals surface area contributed by atoms with E-state index in [-0.39, 0.29) is 5.91 Å². The van der Waals surface area contributed by atoms with Crippen LogP contribution in [0.4, 0.5) is 5.69 Å². The lowest BCUT2D eigenvalue weighted by molar-refractivity contribution is 0.102. The molecule has 0 aliphatic heterocycles. The molecule has 3 aromatic carbocycles. The average molecular weight is 454 g/mol. The summed E-state index contributed by atoms with van der Waals surface area (Å²) in [5, 5.41) is 11.2. The zero-order chi connectivity index (χ0) is 22.8. The molecule has 0 saturated heterocycles. The van der Waals surface area contributed by atoms with Crippen LogP contribution in [0.3, 0.4) is 0 Å². The summed E-state index contributed by atoms with van der Waals surface area (Å²) < 4.78 is 8.27. The highest BCUT2D eigenvalue weighted by atomic mass is 32.1. The number of aromatic amines is 1. The first-order valence-electron chi connectivity index (χ1n) is 10.3. The molecule has 0 fully saturated rings. The van der Waals surface area contributed by atoms with Crippen LogP contribution in [0.25, 0.3) is 28.6 Å². The zero-order valence-electron chi connectivity index (χ0n) is 17.6. The molecule has 2 aromatic heterocycles. The second-order valence-electron chi connectivity index (χ2n) is 7.44. The third-order valence-corrected chi connectivity index (χ3v) is 5.54. The number of benzene rings is 3. The van der Waals surface area contributed by atoms with Crippen molar-refractivity contribution >= 4 is 23.8 Å². The lowest BCUT2D eigenvalue weighted by Crippen LogP contribution is -2.12. The Labute approximate surface area is 194 Å². The lowest BCUT2D eigenvalue weighted by atomic mass is 10.1. The van der Waals surface area contributed by atoms with Crippen molar-refractivity contribution in [3.05, 3.63) is 101 Å². The van der Waals surface area contributed by atoms with Gasteiger partial charge in [-0.15, -0.1) is 10.2 Å². The Hall–Kier alpha value is -4.30. The molecule has 7 nitrogen and oxygen atoms in total. The van der Waals surface area contributed by atoms with E-state index < -0.39 is 0 Å². The van der Waals surface area contributed by atoms with Gasteiger partial charge >= 0.3 is 0 Å². The van der Waals surface area contributed by atoms with Crippen LogP contribution in [0.15, 0.2) is 89.6 Å². The predicted molar refractivity (Wildman–Crippen MR) is 129 cm³/mol. The van der Waals surface area contributed by atoms with Gasteiger partial charge in [-0.05, 0) is 73.2 Å². The molecule has 0 aliphatic rings. The largest absolute Gasteiger partial charge is 0.416 e. The van der Waals surface area contributed by atoms with E-state index in [1.807, 2.05) is 66.2 Å². The fraction of sp³-hybridized carbons (Fsp3) is 0.0400. The van der Waals surface area contributed by atoms with Crippen LogP contribution < -0.4 is 5.32 Å². The Kier molecular flexibility index (Phi) is 5.42. The topological polar surface area (TPSA) is 88.7 Å². The van der Waals surface area contributed by atoms with E-state index in [1.54, 1.807) is 30.5 Å². The molecule has 0 aliphatic carbocycles. The van der Waals surface area contributed by atoms with E-state index in [1.165, 1.54) is 0 Å². The van der Waals surface area contributed by atoms with Crippen molar-refractivity contribution in [2.24, 2.45) is 0 Å². The number of aromatic nitrogens is 4. The number of anilines is 1. The van der Waals surface area contributed by atoms with E-state index in [9.17, 15) is 4.79 Å². The Balaban J connectivity index is 1.32. The van der Waals surface area contributed by atoms with Gasteiger partial charge in [-0.3, -0.25) is 9.36 Å². The molecule has 0 radical (unpaired) electrons. The summed E-state index contributed by atoms with van der Waals surface area (Å²) in [7, 11) is 0. The van der Waals surface area contributed by atoms with Crippen LogP contribution in [-0.4, -0.2) is 25.7 Å². The highest BCUT2D eigenvalue weighted by Crippen LogP contribution is 2.26. The maximum absolute atomic E-state index is 12.8. The van der Waals surface area contributed by atoms with Crippen LogP contribution in [0.1, 0.15) is 15.9 Å². The number of nitrogens with one attached hydrogen (secondary N) is 2. The molecule has 33 heavy (non-hydrogen) atoms. The molecule has 0 spiro atoms. The number of amides is 1. The summed E-state index contributed by atoms with van der Waals surface area (Å²) in [6, 6.07) is 22.4. The average Bonchev–Trinajstić information content (AvgIpc) is 3.49. The molecular weight excluding hydrogens is 434 g/mol. The molecule has 162 valence electrons. The fourth-order valence-electron chi connectivity index (χ4n) is 3.49. The number of rotatable bonds is 5. The van der Waals surface area contributed by atoms with E-state index >= 15 is 0 Å². The molecule has 0 saturated carbocycles. The third kappa shape index (κ3) is 4.24. The zero-order valence-corrected chi connectivity index (χ0v) is 18.5. The van der Waals surface area contributed by atoms with Crippen molar-refractivity contribution in [3.63, 3.8) is 0 Å². The highest BCUT2D eigenvalue weighted by molar-refractivity contribution is 7.71. The maximum Gasteiger partial charge on any atom is 0.255 e. The van der Waals surface area contributed by atoms with Crippen molar-refractivity contribution in [1.29, 1.82) is 0 Å². The summed E-state index contributed by atoms with van der Waals surface area (Å²) in [6.45, 7) is 2.00. The number of nitrogens with zero attached hydrogens (tertiary/aromatic N) is 3. The molecule has 2 heterocycles. The summed E-state index contributed by atoms with van der Waals surface area (Å²) in [5.74, 6) is 0.644. The number of hydrogen-bond donors (Lipinski definition) is 2. The van der Waals surface area contributed by atoms with Crippen LogP contribution in [0.2, 0.25) is 0 Å². The minimum Gasteiger partial charge on any atom is -0.416 e. The molecule has 0 unspecified atom stereocenters. The lowest BCUT2D eigenvalue weighted by Gasteiger charge is -2.08. The highest BCUT2D eigenvalue weighted by Gasteiger charge is 2.13. The van der Waals surface area contributed by atoms with Gasteiger partial charge in [0.25, 0.3) is 5.91 Å². The number of hydrogen-bond acceptors (Lipinski definition) is 5. The molecule has 0 atom stereocenters. The number of aryl methyl sites for hydroxylation is 1. The molecule has 2 N–H and O–H groups in total. The van der Waals surface area contributed by atoms with Crippen molar-refractivity contribution in [2.75, 3.05) is 5.32 Å². The molecule has 5 rings (SSSR count). The van der Waals surface area contributed by atoms with E-state index in [0.29, 0.717) is 27.8 Å². The normalized spacial score (nSPS) is 10.8. The van der Waals surface area contributed by atoms with Crippen LogP contribution >= 0.6 is 12.2 Å². The Bertz CT molecular complexity index is 1500. The molecule has 8 heteroatoms. The van der Waals surface area contributed by atoms with E-state index in [4.69, 9.17) is 16.6 Å². The molecule has 5 aromatic rings. The SMILES string of the molecule is Cc1ccccc1-c1nnc(-c2ccc(C(=O)Nc3cccc(-n4cc[nH]c4=S)c3)cc2)o1. The van der Waals surface area contributed by atoms with Crippen molar-refractivity contribution < 1.29 is 9.21 Å². The molecular formula is C25H19N5O2S. The Morgan fingerprint density at radius 3 is 2.55 bits per heavy atom. The van der Waals surface area contributed by atoms with Gasteiger partial charge in [-0.1, -0.05) is 24.3 Å². The van der Waals surface area contributed by atoms with Crippen molar-refractivity contribution in [1.82, 2.24) is 19.7 Å². The molecule has 1 amide bonds. The second-order valence-corrected chi connectivity index (χ2v) is 7.83. The third-order valence-electron chi connectivity index (χ3n) is 5.23. The van der Waals surface area contributed by atoms with Gasteiger partial charge in [-0.25, -0.2) is 0 Å². The van der Waals surface area contributed by atoms with Crippen molar-refractivity contribution in [2.45, 2.75) is 6.92 Å². The van der Waals surface area contributed by atoms with Gasteiger partial charge in [0.15, 0.2) is 4.77 Å². The van der Waals surface area contributed by atoms with Crippen LogP contribution in [-0.2, 0) is 0 Å². The first-order chi connectivity index (χ1) is 16.1. The van der Waals surface area contributed by atoms with Gasteiger partial charge in [0.1, 0.15) is 0 Å². The summed E-state index contributed by atoms with van der Waals surface area (Å²) in [6.07, 6.45) is 3.60. The fourth-order valence-corrected chi connectivity index (χ4v) is 3.72. The van der Waals surface area contributed by atoms with Gasteiger partial charge in [0.05, 0.1) is 0 Å². The number of imidazole rings is 1. The number of carbonyl (C=O) groups is 1. The monoisotopic (exact) mass is 453 g/mol. The van der Waals surface area contributed by atoms with Gasteiger partial charge in [0.2, 0.25) is 11.8 Å². The van der Waals surface area contributed by atoms with Crippen LogP contribution in [0, 0.1) is 11.7 Å². The summed E-state index contributed by atoms with van der Waals surface area (Å²) in [5.41, 5.74) is 4.74. The van der Waals surface area contributed by atoms with Gasteiger partial charge in [-0.2, -0.15) is 0 Å². The number of carbonyl (C=O) groups excluding carboxylic acids is 1. The minimum absolute atomic E-state index is 0.220. The standard InChI is InChI=1S/C25H19N5O2S/c1-16-5-2-3-8-21(16)24-29-28-23(32-24)18-11-9-17(10-12-18)22(31)27-19-6-4-7-20(15-19)30-14-13-26-25(30)33/h2-15H,1H3,(H,26,33)(H,27,31). The molecule has 0 bridgehead atoms. The maximum atomic E-state index is 12.8. The smallest absolute Gasteiger partial charge is 0.255 e. The van der Waals surface area contributed by atoms with Crippen LogP contribution in [0.5, 0.6) is 0 Å². The van der Waals surface area contributed by atoms with E-state index in [2.05, 4.69) is 20.5 Å². The van der Waals surface area contributed by atoms with E-state index in [0.717, 1.165) is 22.4 Å². The number of H-pyrrole nitrogens is 1. The summed E-state index contributed by atoms with van der Waals surface area (Å²) >= 11 is 5.27. The summed E-state index contributed by atoms with van der Waals surface area (Å²) in [4.78, 5) is 15.7. The Morgan fingerprint density at radius 2 is 1.79 bits per heavy atom. The van der Waals surface area contributed by atoms with Gasteiger partial charge in [0, 0.05) is 40.5 Å². The van der Waals surface area contributed by atoms with Gasteiger partial charge < -0.3 is 14.7 Å². The van der Waals surface area contributed by atoms with Crippen molar-refractivity contribution in [3.8, 4) is 28.6 Å². The second kappa shape index (κ2) is 8.68. The minimum atomic E-state index is -0.220. The quantitative estimate of drug-likeness (QED) is 0.328. The first kappa shape index (κ1) is 20.6. The Morgan fingerprint density at radius 1 is 1.00 bits per heavy atom. The predicted octanol–water partition coefficient (Wildman–Crippen LogP) is 5.81.